The molecule has 6 heteroatoms. The molecule has 2 heterocycles. The zero-order valence-electron chi connectivity index (χ0n) is 35.5. The minimum atomic E-state index is -1.41. The van der Waals surface area contributed by atoms with Gasteiger partial charge in [-0.1, -0.05) is 204 Å². The first kappa shape index (κ1) is 40.6. The van der Waals surface area contributed by atoms with Gasteiger partial charge in [-0.05, 0) is 117 Å². The molecule has 12 aromatic carbocycles. The van der Waals surface area contributed by atoms with Crippen molar-refractivity contribution in [1.82, 2.24) is 0 Å². The van der Waals surface area contributed by atoms with Crippen LogP contribution in [0.1, 0.15) is 0 Å². The van der Waals surface area contributed by atoms with E-state index in [2.05, 4.69) is 198 Å². The molecule has 2 N–H and O–H groups in total. The Bertz CT molecular complexity index is 4120. The van der Waals surface area contributed by atoms with Crippen LogP contribution >= 0.6 is 38.6 Å². The number of benzene rings is 12. The quantitative estimate of drug-likeness (QED) is 0.134. The van der Waals surface area contributed by atoms with E-state index < -0.39 is 7.12 Å². The minimum absolute atomic E-state index is 0.582. The fraction of sp³-hybridized carbons (Fsp3) is 0. The highest BCUT2D eigenvalue weighted by molar-refractivity contribution is 9.10. The van der Waals surface area contributed by atoms with Crippen LogP contribution < -0.4 is 5.46 Å². The van der Waals surface area contributed by atoms with Crippen molar-refractivity contribution in [2.45, 2.75) is 0 Å². The Morgan fingerprint density at radius 2 is 0.667 bits per heavy atom. The Morgan fingerprint density at radius 3 is 1.17 bits per heavy atom. The maximum absolute atomic E-state index is 9.31. The van der Waals surface area contributed by atoms with E-state index in [4.69, 9.17) is 0 Å². The number of hydrogen-bond donors (Lipinski definition) is 2. The Morgan fingerprint density at radius 1 is 0.303 bits per heavy atom. The predicted molar refractivity (Wildman–Crippen MR) is 293 cm³/mol. The van der Waals surface area contributed by atoms with Crippen LogP contribution in [0, 0.1) is 0 Å². The topological polar surface area (TPSA) is 40.5 Å². The van der Waals surface area contributed by atoms with E-state index in [0.717, 1.165) is 14.6 Å². The summed E-state index contributed by atoms with van der Waals surface area (Å²) in [5, 5.41) is 39.4. The molecule has 0 atom stereocenters. The van der Waals surface area contributed by atoms with Crippen molar-refractivity contribution >= 4 is 156 Å². The van der Waals surface area contributed by atoms with Crippen LogP contribution in [-0.4, -0.2) is 17.2 Å². The summed E-state index contributed by atoms with van der Waals surface area (Å²) in [5.74, 6) is 0. The summed E-state index contributed by atoms with van der Waals surface area (Å²) < 4.78 is 5.97. The molecular weight excluding hydrogens is 908 g/mol. The molecule has 0 saturated carbocycles. The highest BCUT2D eigenvalue weighted by Crippen LogP contribution is 2.43. The molecule has 0 fully saturated rings. The summed E-state index contributed by atoms with van der Waals surface area (Å²) in [6, 6.07) is 77.5. The monoisotopic (exact) mass is 944 g/mol. The van der Waals surface area contributed by atoms with Crippen molar-refractivity contribution in [3.63, 3.8) is 0 Å². The zero-order chi connectivity index (χ0) is 44.3. The van der Waals surface area contributed by atoms with E-state index in [1.165, 1.54) is 106 Å². The fourth-order valence-corrected chi connectivity index (χ4v) is 12.7. The smallest absolute Gasteiger partial charge is 0.423 e. The molecule has 0 amide bonds. The molecule has 0 aliphatic rings. The lowest BCUT2D eigenvalue weighted by Gasteiger charge is -2.12. The second-order valence-corrected chi connectivity index (χ2v) is 19.6. The summed E-state index contributed by atoms with van der Waals surface area (Å²) in [6.45, 7) is 0. The second kappa shape index (κ2) is 16.8. The summed E-state index contributed by atoms with van der Waals surface area (Å²) >= 11 is 7.07. The Hall–Kier alpha value is -6.90. The first-order valence-electron chi connectivity index (χ1n) is 22.0. The van der Waals surface area contributed by atoms with Gasteiger partial charge in [0.05, 0.1) is 0 Å². The molecule has 2 nitrogen and oxygen atoms in total. The Kier molecular flexibility index (Phi) is 10.4. The van der Waals surface area contributed by atoms with E-state index in [1.807, 2.05) is 41.7 Å². The van der Waals surface area contributed by atoms with Gasteiger partial charge in [-0.15, -0.1) is 22.7 Å². The van der Waals surface area contributed by atoms with Crippen molar-refractivity contribution in [3.05, 3.63) is 223 Å². The first-order chi connectivity index (χ1) is 32.5. The van der Waals surface area contributed by atoms with Crippen LogP contribution in [0.2, 0.25) is 0 Å². The molecule has 0 bridgehead atoms. The van der Waals surface area contributed by atoms with Gasteiger partial charge in [-0.3, -0.25) is 0 Å². The highest BCUT2D eigenvalue weighted by atomic mass is 79.9. The second-order valence-electron chi connectivity index (χ2n) is 16.6. The van der Waals surface area contributed by atoms with Crippen LogP contribution in [0.4, 0.5) is 0 Å². The number of halogens is 1. The maximum atomic E-state index is 9.31. The Balaban J connectivity index is 0.000000112. The molecule has 0 unspecified atom stereocenters. The lowest BCUT2D eigenvalue weighted by Crippen LogP contribution is -2.29. The molecule has 66 heavy (non-hydrogen) atoms. The Labute approximate surface area is 397 Å². The number of fused-ring (bicyclic) bond motifs is 18. The molecule has 0 spiro atoms. The van der Waals surface area contributed by atoms with Crippen molar-refractivity contribution in [2.24, 2.45) is 0 Å². The van der Waals surface area contributed by atoms with Crippen molar-refractivity contribution in [2.75, 3.05) is 0 Å². The molecular formula is C60H38BBrO2S2. The number of rotatable bonds is 2. The van der Waals surface area contributed by atoms with Crippen molar-refractivity contribution < 1.29 is 10.0 Å². The zero-order valence-corrected chi connectivity index (χ0v) is 38.7. The van der Waals surface area contributed by atoms with E-state index in [0.29, 0.717) is 5.46 Å². The van der Waals surface area contributed by atoms with Gasteiger partial charge in [0.15, 0.2) is 0 Å². The van der Waals surface area contributed by atoms with Gasteiger partial charge >= 0.3 is 7.12 Å². The van der Waals surface area contributed by atoms with Crippen LogP contribution in [0.3, 0.4) is 0 Å². The average Bonchev–Trinajstić information content (AvgIpc) is 3.96. The van der Waals surface area contributed by atoms with Crippen LogP contribution in [0.15, 0.2) is 223 Å². The van der Waals surface area contributed by atoms with E-state index >= 15 is 0 Å². The molecule has 14 rings (SSSR count). The van der Waals surface area contributed by atoms with Crippen LogP contribution in [0.5, 0.6) is 0 Å². The van der Waals surface area contributed by atoms with Gasteiger partial charge in [-0.25, -0.2) is 0 Å². The van der Waals surface area contributed by atoms with Gasteiger partial charge in [-0.2, -0.15) is 0 Å². The van der Waals surface area contributed by atoms with Crippen LogP contribution in [0.25, 0.3) is 116 Å². The first-order valence-corrected chi connectivity index (χ1v) is 24.4. The predicted octanol–water partition coefficient (Wildman–Crippen LogP) is 16.8. The van der Waals surface area contributed by atoms with Gasteiger partial charge in [0, 0.05) is 39.4 Å². The summed E-state index contributed by atoms with van der Waals surface area (Å²) in [6.07, 6.45) is 0. The third-order valence-corrected chi connectivity index (χ3v) is 15.8. The van der Waals surface area contributed by atoms with Gasteiger partial charge in [0.1, 0.15) is 0 Å². The molecule has 14 aromatic rings. The van der Waals surface area contributed by atoms with E-state index in [1.54, 1.807) is 17.4 Å². The molecule has 312 valence electrons. The largest absolute Gasteiger partial charge is 0.489 e. The summed E-state index contributed by atoms with van der Waals surface area (Å²) in [5.41, 5.74) is 3.18. The lowest BCUT2D eigenvalue weighted by molar-refractivity contribution is 0.426. The van der Waals surface area contributed by atoms with Crippen LogP contribution in [-0.2, 0) is 0 Å². The molecule has 0 saturated heterocycles. The average molecular weight is 946 g/mol. The molecule has 0 aliphatic heterocycles. The normalized spacial score (nSPS) is 11.6. The highest BCUT2D eigenvalue weighted by Gasteiger charge is 2.17. The van der Waals surface area contributed by atoms with Gasteiger partial charge in [0.2, 0.25) is 0 Å². The summed E-state index contributed by atoms with van der Waals surface area (Å²) in [7, 11) is -1.41. The third kappa shape index (κ3) is 6.93. The van der Waals surface area contributed by atoms with Crippen molar-refractivity contribution in [3.8, 4) is 11.1 Å². The molecule has 2 aromatic heterocycles. The van der Waals surface area contributed by atoms with Gasteiger partial charge in [0.25, 0.3) is 0 Å². The lowest BCUT2D eigenvalue weighted by atomic mass is 9.80. The molecule has 0 aliphatic carbocycles. The standard InChI is InChI=1S/C30H18S.C18H11Br.C12H9BO2S/c1-2-10-23-21(8-1)22-9-3-4-11-24(22)28-18-19(16-17-25(23)28)20-13-7-14-27-26-12-5-6-15-29(26)31-30(20)27;19-12-9-10-17-15-7-2-1-5-13(15)14-6-3-4-8-16(14)18(17)11-12;14-13(15)10-6-3-5-9-8-4-1-2-7-11(8)16-12(9)10/h1-18H;1-11H;1-7,14-15H. The van der Waals surface area contributed by atoms with E-state index in [9.17, 15) is 10.0 Å². The van der Waals surface area contributed by atoms with Crippen molar-refractivity contribution in [1.29, 1.82) is 0 Å². The molecule has 0 radical (unpaired) electrons. The summed E-state index contributed by atoms with van der Waals surface area (Å²) in [4.78, 5) is 0. The number of hydrogen-bond acceptors (Lipinski definition) is 4. The van der Waals surface area contributed by atoms with Gasteiger partial charge < -0.3 is 10.0 Å². The minimum Gasteiger partial charge on any atom is -0.423 e. The third-order valence-electron chi connectivity index (χ3n) is 12.9. The fourth-order valence-electron chi connectivity index (χ4n) is 9.90. The van der Waals surface area contributed by atoms with E-state index in [-0.39, 0.29) is 0 Å². The SMILES string of the molecule is Brc1ccc2c3ccccc3c3ccccc3c2c1.OB(O)c1cccc2c1sc1ccccc12.c1ccc2c(c1)sc1c(-c3ccc4c5ccccc5c5ccccc5c4c3)cccc12. The number of thiophene rings is 2. The maximum Gasteiger partial charge on any atom is 0.489 e.